The predicted molar refractivity (Wildman–Crippen MR) is 257 cm³/mol. The summed E-state index contributed by atoms with van der Waals surface area (Å²) in [5, 5.41) is 16.0. The van der Waals surface area contributed by atoms with E-state index in [0.717, 1.165) is 53.3 Å². The smallest absolute Gasteiger partial charge is 0.416 e. The molecular weight excluding hydrogens is 939 g/mol. The Hall–Kier alpha value is -6.02. The maximum absolute atomic E-state index is 14.1. The molecule has 4 heterocycles. The van der Waals surface area contributed by atoms with Crippen molar-refractivity contribution in [3.8, 4) is 11.5 Å². The van der Waals surface area contributed by atoms with Gasteiger partial charge in [0.15, 0.2) is 15.6 Å². The summed E-state index contributed by atoms with van der Waals surface area (Å²) in [5.74, 6) is -1.46. The summed E-state index contributed by atoms with van der Waals surface area (Å²) in [6.07, 6.45) is 1.27. The number of sulfone groups is 1. The zero-order valence-electron chi connectivity index (χ0n) is 38.4. The van der Waals surface area contributed by atoms with E-state index in [4.69, 9.17) is 21.1 Å². The lowest BCUT2D eigenvalue weighted by Crippen LogP contribution is -2.47. The number of hydrogen-bond donors (Lipinski definition) is 2. The number of ketones is 1. The van der Waals surface area contributed by atoms with Crippen LogP contribution < -0.4 is 15.0 Å². The van der Waals surface area contributed by atoms with Gasteiger partial charge in [-0.25, -0.2) is 13.4 Å². The molecule has 2 aromatic heterocycles. The molecule has 5 aromatic rings. The predicted octanol–water partition coefficient (Wildman–Crippen LogP) is 9.43. The number of ether oxygens (including phenoxy) is 2. The molecule has 69 heavy (non-hydrogen) atoms. The molecule has 2 saturated heterocycles. The summed E-state index contributed by atoms with van der Waals surface area (Å²) in [7, 11) is -4.41. The van der Waals surface area contributed by atoms with Gasteiger partial charge in [-0.05, 0) is 90.8 Å². The van der Waals surface area contributed by atoms with E-state index >= 15 is 0 Å². The number of carbonyl (C=O) groups excluding carboxylic acids is 2. The molecule has 3 aromatic carbocycles. The first-order valence-electron chi connectivity index (χ1n) is 22.7. The van der Waals surface area contributed by atoms with Gasteiger partial charge in [0.1, 0.15) is 28.6 Å². The van der Waals surface area contributed by atoms with Crippen LogP contribution in [0.5, 0.6) is 11.5 Å². The van der Waals surface area contributed by atoms with Crippen molar-refractivity contribution in [2.45, 2.75) is 63.6 Å². The lowest BCUT2D eigenvalue weighted by Gasteiger charge is -2.39. The number of pyridine rings is 1. The fourth-order valence-electron chi connectivity index (χ4n) is 9.17. The second kappa shape index (κ2) is 20.1. The fraction of sp³-hybridized carbons (Fsp3) is 0.408. The second-order valence-electron chi connectivity index (χ2n) is 18.5. The number of hydrogen-bond acceptors (Lipinski definition) is 12. The number of allylic oxidation sites excluding steroid dienone is 1. The van der Waals surface area contributed by atoms with Gasteiger partial charge in [0.25, 0.3) is 5.69 Å². The van der Waals surface area contributed by atoms with Crippen molar-refractivity contribution in [2.24, 2.45) is 5.41 Å². The van der Waals surface area contributed by atoms with Crippen LogP contribution in [-0.4, -0.2) is 116 Å². The Kier molecular flexibility index (Phi) is 14.4. The highest BCUT2D eigenvalue weighted by Gasteiger charge is 2.34. The number of amides is 1. The molecule has 1 aliphatic carbocycles. The van der Waals surface area contributed by atoms with E-state index in [1.807, 2.05) is 6.07 Å². The number of aromatic nitrogens is 2. The van der Waals surface area contributed by atoms with E-state index in [1.165, 1.54) is 37.4 Å². The van der Waals surface area contributed by atoms with Gasteiger partial charge in [-0.3, -0.25) is 24.6 Å². The highest BCUT2D eigenvalue weighted by atomic mass is 35.5. The third kappa shape index (κ3) is 11.7. The number of aromatic amines is 1. The Morgan fingerprint density at radius 1 is 1.04 bits per heavy atom. The van der Waals surface area contributed by atoms with Gasteiger partial charge in [0.2, 0.25) is 5.91 Å². The number of H-pyrrole nitrogens is 1. The number of piperazine rings is 1. The van der Waals surface area contributed by atoms with Crippen LogP contribution in [-0.2, 0) is 25.5 Å². The topological polar surface area (TPSA) is 180 Å². The normalized spacial score (nSPS) is 18.1. The Morgan fingerprint density at radius 3 is 2.55 bits per heavy atom. The number of fused-ring (bicyclic) bond motifs is 1. The number of rotatable bonds is 15. The Morgan fingerprint density at radius 2 is 1.83 bits per heavy atom. The van der Waals surface area contributed by atoms with Crippen LogP contribution in [0.15, 0.2) is 89.6 Å². The summed E-state index contributed by atoms with van der Waals surface area (Å²) in [6, 6.07) is 15.5. The maximum Gasteiger partial charge on any atom is 0.416 e. The molecule has 8 rings (SSSR count). The molecule has 2 aliphatic heterocycles. The Balaban J connectivity index is 0.984. The first-order valence-corrected chi connectivity index (χ1v) is 24.7. The molecule has 366 valence electrons. The Bertz CT molecular complexity index is 2920. The number of carbonyl (C=O) groups is 2. The van der Waals surface area contributed by atoms with Crippen molar-refractivity contribution < 1.29 is 45.6 Å². The number of nitrogens with zero attached hydrogens (tertiary/aromatic N) is 5. The van der Waals surface area contributed by atoms with Crippen molar-refractivity contribution in [1.82, 2.24) is 19.8 Å². The number of anilines is 2. The highest BCUT2D eigenvalue weighted by Crippen LogP contribution is 2.46. The largest absolute Gasteiger partial charge is 0.455 e. The van der Waals surface area contributed by atoms with Gasteiger partial charge in [0.05, 0.1) is 39.9 Å². The van der Waals surface area contributed by atoms with Crippen molar-refractivity contribution in [2.75, 3.05) is 74.9 Å². The second-order valence-corrected chi connectivity index (χ2v) is 20.9. The number of halogens is 4. The van der Waals surface area contributed by atoms with Crippen LogP contribution in [0.3, 0.4) is 0 Å². The van der Waals surface area contributed by atoms with Crippen LogP contribution >= 0.6 is 11.6 Å². The summed E-state index contributed by atoms with van der Waals surface area (Å²) in [6.45, 7) is 10.4. The van der Waals surface area contributed by atoms with E-state index in [0.29, 0.717) is 82.2 Å². The molecule has 3 aliphatic rings. The first kappa shape index (κ1) is 49.4. The number of nitro groups is 1. The van der Waals surface area contributed by atoms with Gasteiger partial charge in [-0.1, -0.05) is 37.1 Å². The summed E-state index contributed by atoms with van der Waals surface area (Å²) in [5.41, 5.74) is 2.85. The third-order valence-electron chi connectivity index (χ3n) is 13.0. The summed E-state index contributed by atoms with van der Waals surface area (Å²) in [4.78, 5) is 50.5. The van der Waals surface area contributed by atoms with Crippen LogP contribution in [0, 0.1) is 15.5 Å². The van der Waals surface area contributed by atoms with E-state index in [9.17, 15) is 41.3 Å². The van der Waals surface area contributed by atoms with E-state index in [-0.39, 0.29) is 46.0 Å². The van der Waals surface area contributed by atoms with E-state index < -0.39 is 48.6 Å². The number of nitro benzene ring substituents is 1. The van der Waals surface area contributed by atoms with Crippen molar-refractivity contribution >= 4 is 66.8 Å². The quantitative estimate of drug-likeness (QED) is 0.0577. The zero-order valence-corrected chi connectivity index (χ0v) is 40.0. The van der Waals surface area contributed by atoms with E-state index in [2.05, 4.69) is 38.9 Å². The van der Waals surface area contributed by atoms with Crippen LogP contribution in [0.25, 0.3) is 16.6 Å². The first-order chi connectivity index (χ1) is 32.7. The van der Waals surface area contributed by atoms with E-state index in [1.54, 1.807) is 29.3 Å². The minimum Gasteiger partial charge on any atom is -0.455 e. The molecule has 0 spiro atoms. The standard InChI is InChI=1S/C49H53ClF3N7O8S/c1-31(61)59-20-21-67-36(29-59)12-15-54-43-9-6-38(25-44(43)60(63)64)69(65,66)30-45(62)40-8-5-35(24-46(40)68-37-22-32-11-14-55-47(32)56-27-37)58-18-16-57(17-19-58)28-33-10-13-48(2,3)26-41(33)39-7-4-34(23-42(39)50)49(51,52)53/h4-9,11,14,22-25,27,36,54H,10,12-13,15-21,26,28-30H2,1-3H3,(H,55,56)/t36-/m1/s1. The molecule has 1 amide bonds. The van der Waals surface area contributed by atoms with Gasteiger partial charge in [0, 0.05) is 93.7 Å². The molecule has 2 fully saturated rings. The molecule has 0 unspecified atom stereocenters. The number of alkyl halides is 3. The Labute approximate surface area is 402 Å². The van der Waals surface area contributed by atoms with Gasteiger partial charge in [-0.15, -0.1) is 0 Å². The average molecular weight is 993 g/mol. The van der Waals surface area contributed by atoms with Gasteiger partial charge >= 0.3 is 6.18 Å². The lowest BCUT2D eigenvalue weighted by atomic mass is 9.72. The minimum atomic E-state index is -4.50. The number of nitrogens with one attached hydrogen (secondary N) is 2. The lowest BCUT2D eigenvalue weighted by molar-refractivity contribution is -0.384. The maximum atomic E-state index is 14.1. The van der Waals surface area contributed by atoms with Crippen molar-refractivity contribution in [1.29, 1.82) is 0 Å². The minimum absolute atomic E-state index is 0.0159. The van der Waals surface area contributed by atoms with Crippen LogP contribution in [0.2, 0.25) is 5.02 Å². The number of morpholine rings is 1. The summed E-state index contributed by atoms with van der Waals surface area (Å²) < 4.78 is 80.3. The SMILES string of the molecule is CC(=O)N1CCO[C@H](CCNc2ccc(S(=O)(=O)CC(=O)c3ccc(N4CCN(CC5=C(c6ccc(C(F)(F)F)cc6Cl)CC(C)(C)CC5)CC4)cc3Oc3cnc4[nH]ccc4c3)cc2[N+](=O)[O-])C1. The molecule has 15 nitrogen and oxygen atoms in total. The van der Waals surface area contributed by atoms with Crippen LogP contribution in [0.4, 0.5) is 30.2 Å². The zero-order chi connectivity index (χ0) is 49.3. The molecule has 1 atom stereocenters. The molecule has 20 heteroatoms. The molecule has 0 bridgehead atoms. The molecule has 2 N–H and O–H groups in total. The number of Topliss-reactive ketones (excluding diaryl/α,β-unsaturated/α-hetero) is 1. The van der Waals surface area contributed by atoms with Gasteiger partial charge < -0.3 is 29.6 Å². The average Bonchev–Trinajstić information content (AvgIpc) is 3.77. The van der Waals surface area contributed by atoms with Crippen molar-refractivity contribution in [3.63, 3.8) is 0 Å². The monoisotopic (exact) mass is 991 g/mol. The molecular formula is C49H53ClF3N7O8S. The third-order valence-corrected chi connectivity index (χ3v) is 15.0. The molecule has 0 saturated carbocycles. The van der Waals surface area contributed by atoms with Crippen molar-refractivity contribution in [3.05, 3.63) is 117 Å². The highest BCUT2D eigenvalue weighted by molar-refractivity contribution is 7.92. The molecule has 0 radical (unpaired) electrons. The van der Waals surface area contributed by atoms with Gasteiger partial charge in [-0.2, -0.15) is 13.2 Å². The number of benzene rings is 3. The van der Waals surface area contributed by atoms with Crippen LogP contribution in [0.1, 0.15) is 67.9 Å². The fourth-order valence-corrected chi connectivity index (χ4v) is 10.7. The summed E-state index contributed by atoms with van der Waals surface area (Å²) >= 11 is 6.54.